The smallest absolute Gasteiger partial charge is 0.343 e. The van der Waals surface area contributed by atoms with Crippen LogP contribution >= 0.6 is 31.9 Å². The first-order valence-corrected chi connectivity index (χ1v) is 20.5. The standard InChI is InChI=1S/C42H48Br2N4O12/c1-25-27(21-57-41-33(43)17-29(19-45-15-7-13-35(49)50)39(47-41)59-23-37(53)55-3)9-5-11-31(25)32-12-6-10-28(26(32)2)22-58-42-34(44)18-30(20-46-16-8-14-36(51)52)40(48-42)60-24-38(54)56-4/h5-6,9-12,17-18,45-46H,7-8,13-16,19-24H2,1-4H3,(H,49,50)(H,51,52). The number of halogens is 2. The van der Waals surface area contributed by atoms with Crippen molar-refractivity contribution >= 4 is 55.7 Å². The van der Waals surface area contributed by atoms with E-state index in [1.165, 1.54) is 14.2 Å². The summed E-state index contributed by atoms with van der Waals surface area (Å²) in [5.41, 5.74) is 7.06. The zero-order valence-corrected chi connectivity index (χ0v) is 36.9. The van der Waals surface area contributed by atoms with E-state index in [2.05, 4.69) is 52.5 Å². The zero-order chi connectivity index (χ0) is 43.6. The molecule has 16 nitrogen and oxygen atoms in total. The minimum Gasteiger partial charge on any atom is -0.481 e. The highest BCUT2D eigenvalue weighted by Crippen LogP contribution is 2.35. The van der Waals surface area contributed by atoms with Gasteiger partial charge in [0.25, 0.3) is 0 Å². The molecule has 0 bridgehead atoms. The zero-order valence-electron chi connectivity index (χ0n) is 33.7. The van der Waals surface area contributed by atoms with E-state index in [0.717, 1.165) is 33.4 Å². The topological polar surface area (TPSA) is 214 Å². The van der Waals surface area contributed by atoms with E-state index in [1.54, 1.807) is 12.1 Å². The Kier molecular flexibility index (Phi) is 19.0. The van der Waals surface area contributed by atoms with Crippen molar-refractivity contribution in [3.05, 3.63) is 90.9 Å². The molecule has 4 N–H and O–H groups in total. The van der Waals surface area contributed by atoms with Gasteiger partial charge in [-0.25, -0.2) is 9.59 Å². The summed E-state index contributed by atoms with van der Waals surface area (Å²) in [5, 5.41) is 24.2. The Bertz CT molecular complexity index is 1990. The molecular formula is C42H48Br2N4O12. The van der Waals surface area contributed by atoms with E-state index in [0.29, 0.717) is 59.1 Å². The van der Waals surface area contributed by atoms with Crippen LogP contribution in [0.2, 0.25) is 0 Å². The van der Waals surface area contributed by atoms with Crippen LogP contribution in [0, 0.1) is 13.8 Å². The summed E-state index contributed by atoms with van der Waals surface area (Å²) in [4.78, 5) is 54.6. The van der Waals surface area contributed by atoms with Crippen molar-refractivity contribution in [3.63, 3.8) is 0 Å². The molecule has 0 saturated heterocycles. The van der Waals surface area contributed by atoms with E-state index in [-0.39, 0.29) is 62.8 Å². The number of carbonyl (C=O) groups is 4. The number of carboxylic acids is 2. The number of rotatable bonds is 25. The average Bonchev–Trinajstić information content (AvgIpc) is 3.22. The highest BCUT2D eigenvalue weighted by Gasteiger charge is 2.19. The summed E-state index contributed by atoms with van der Waals surface area (Å²) in [7, 11) is 2.53. The number of hydrogen-bond acceptors (Lipinski definition) is 14. The first kappa shape index (κ1) is 47.4. The first-order valence-electron chi connectivity index (χ1n) is 18.9. The summed E-state index contributed by atoms with van der Waals surface area (Å²) >= 11 is 7.10. The van der Waals surface area contributed by atoms with Crippen molar-refractivity contribution in [1.82, 2.24) is 20.6 Å². The molecule has 0 saturated carbocycles. The highest BCUT2D eigenvalue weighted by atomic mass is 79.9. The number of esters is 2. The van der Waals surface area contributed by atoms with E-state index in [1.807, 2.05) is 50.2 Å². The van der Waals surface area contributed by atoms with E-state index in [9.17, 15) is 19.2 Å². The Morgan fingerprint density at radius 2 is 1.00 bits per heavy atom. The summed E-state index contributed by atoms with van der Waals surface area (Å²) in [6, 6.07) is 15.5. The van der Waals surface area contributed by atoms with Crippen LogP contribution in [-0.4, -0.2) is 84.6 Å². The van der Waals surface area contributed by atoms with Crippen molar-refractivity contribution < 1.29 is 57.8 Å². The van der Waals surface area contributed by atoms with Gasteiger partial charge < -0.3 is 49.3 Å². The minimum atomic E-state index is -0.871. The predicted molar refractivity (Wildman–Crippen MR) is 226 cm³/mol. The fourth-order valence-corrected chi connectivity index (χ4v) is 6.76. The summed E-state index contributed by atoms with van der Waals surface area (Å²) < 4.78 is 34.4. The normalized spacial score (nSPS) is 10.8. The van der Waals surface area contributed by atoms with E-state index in [4.69, 9.17) is 38.6 Å². The number of methoxy groups -OCH3 is 2. The predicted octanol–water partition coefficient (Wildman–Crippen LogP) is 6.46. The number of carboxylic acid groups (broad SMARTS) is 2. The van der Waals surface area contributed by atoms with Gasteiger partial charge in [0, 0.05) is 37.1 Å². The number of benzene rings is 2. The third kappa shape index (κ3) is 14.5. The summed E-state index contributed by atoms with van der Waals surface area (Å²) in [5.74, 6) is -2.04. The molecule has 4 aromatic rings. The van der Waals surface area contributed by atoms with Crippen molar-refractivity contribution in [2.24, 2.45) is 0 Å². The molecule has 0 aliphatic rings. The molecule has 4 rings (SSSR count). The molecular weight excluding hydrogens is 912 g/mol. The van der Waals surface area contributed by atoms with Crippen molar-refractivity contribution in [2.75, 3.05) is 40.5 Å². The van der Waals surface area contributed by atoms with Crippen LogP contribution < -0.4 is 29.6 Å². The summed E-state index contributed by atoms with van der Waals surface area (Å²) in [6.07, 6.45) is 0.970. The van der Waals surface area contributed by atoms with Gasteiger partial charge in [0.1, 0.15) is 13.2 Å². The largest absolute Gasteiger partial charge is 0.481 e. The second kappa shape index (κ2) is 24.1. The molecule has 0 aliphatic heterocycles. The maximum absolute atomic E-state index is 11.9. The molecule has 0 spiro atoms. The van der Waals surface area contributed by atoms with Gasteiger partial charge in [-0.05, 0) is 117 Å². The van der Waals surface area contributed by atoms with Crippen LogP contribution in [-0.2, 0) is 55.0 Å². The maximum atomic E-state index is 11.9. The molecule has 60 heavy (non-hydrogen) atoms. The average molecular weight is 961 g/mol. The summed E-state index contributed by atoms with van der Waals surface area (Å²) in [6.45, 7) is 5.21. The number of carbonyl (C=O) groups excluding carboxylic acids is 2. The fourth-order valence-electron chi connectivity index (χ4n) is 5.80. The maximum Gasteiger partial charge on any atom is 0.343 e. The molecule has 0 fully saturated rings. The lowest BCUT2D eigenvalue weighted by Gasteiger charge is -2.18. The first-order chi connectivity index (χ1) is 28.8. The SMILES string of the molecule is COC(=O)COc1nc(OCc2cccc(-c3cccc(COc4nc(OCC(=O)OC)c(CNCCCC(=O)O)cc4Br)c3C)c2C)c(Br)cc1CNCCCC(=O)O. The molecule has 0 unspecified atom stereocenters. The lowest BCUT2D eigenvalue weighted by Crippen LogP contribution is -2.19. The molecule has 2 heterocycles. The van der Waals surface area contributed by atoms with Gasteiger partial charge in [0.2, 0.25) is 23.5 Å². The van der Waals surface area contributed by atoms with Crippen LogP contribution in [0.1, 0.15) is 59.1 Å². The number of aromatic nitrogens is 2. The van der Waals surface area contributed by atoms with Gasteiger partial charge in [0.05, 0.1) is 23.2 Å². The van der Waals surface area contributed by atoms with Crippen LogP contribution in [0.15, 0.2) is 57.5 Å². The Morgan fingerprint density at radius 1 is 0.600 bits per heavy atom. The van der Waals surface area contributed by atoms with Crippen LogP contribution in [0.5, 0.6) is 23.5 Å². The lowest BCUT2D eigenvalue weighted by molar-refractivity contribution is -0.143. The van der Waals surface area contributed by atoms with Gasteiger partial charge >= 0.3 is 23.9 Å². The molecule has 322 valence electrons. The van der Waals surface area contributed by atoms with Crippen molar-refractivity contribution in [2.45, 2.75) is 65.8 Å². The van der Waals surface area contributed by atoms with Crippen molar-refractivity contribution in [3.8, 4) is 34.6 Å². The van der Waals surface area contributed by atoms with Gasteiger partial charge in [-0.1, -0.05) is 36.4 Å². The fraction of sp³-hybridized carbons (Fsp3) is 0.381. The molecule has 0 aliphatic carbocycles. The Labute approximate surface area is 364 Å². The number of nitrogens with one attached hydrogen (secondary N) is 2. The number of pyridine rings is 2. The van der Waals surface area contributed by atoms with Crippen LogP contribution in [0.25, 0.3) is 11.1 Å². The van der Waals surface area contributed by atoms with E-state index >= 15 is 0 Å². The second-order valence-electron chi connectivity index (χ2n) is 13.3. The highest BCUT2D eigenvalue weighted by molar-refractivity contribution is 9.10. The second-order valence-corrected chi connectivity index (χ2v) is 15.0. The van der Waals surface area contributed by atoms with Crippen LogP contribution in [0.3, 0.4) is 0 Å². The molecule has 2 aromatic heterocycles. The van der Waals surface area contributed by atoms with Crippen molar-refractivity contribution in [1.29, 1.82) is 0 Å². The molecule has 2 aromatic carbocycles. The quantitative estimate of drug-likeness (QED) is 0.0415. The lowest BCUT2D eigenvalue weighted by atomic mass is 9.92. The monoisotopic (exact) mass is 958 g/mol. The molecule has 0 amide bonds. The number of aliphatic carboxylic acids is 2. The van der Waals surface area contributed by atoms with Gasteiger partial charge in [0.15, 0.2) is 13.2 Å². The number of nitrogens with zero attached hydrogens (tertiary/aromatic N) is 2. The Balaban J connectivity index is 1.50. The minimum absolute atomic E-state index is 0.0396. The Morgan fingerprint density at radius 3 is 1.37 bits per heavy atom. The number of hydrogen-bond donors (Lipinski definition) is 4. The van der Waals surface area contributed by atoms with Gasteiger partial charge in [-0.3, -0.25) is 9.59 Å². The number of ether oxygens (including phenoxy) is 6. The third-order valence-corrected chi connectivity index (χ3v) is 10.2. The van der Waals surface area contributed by atoms with Gasteiger partial charge in [-0.2, -0.15) is 9.97 Å². The van der Waals surface area contributed by atoms with Crippen LogP contribution in [0.4, 0.5) is 0 Å². The molecule has 0 radical (unpaired) electrons. The van der Waals surface area contributed by atoms with Gasteiger partial charge in [-0.15, -0.1) is 0 Å². The van der Waals surface area contributed by atoms with E-state index < -0.39 is 23.9 Å². The molecule has 0 atom stereocenters. The Hall–Kier alpha value is -5.30. The molecule has 18 heteroatoms. The third-order valence-electron chi connectivity index (χ3n) is 9.11.